The molecule has 1 aromatic heterocycles. The van der Waals surface area contributed by atoms with Crippen LogP contribution in [0.3, 0.4) is 0 Å². The van der Waals surface area contributed by atoms with Crippen LogP contribution in [0.25, 0.3) is 0 Å². The average molecular weight is 235 g/mol. The summed E-state index contributed by atoms with van der Waals surface area (Å²) in [5.74, 6) is -0.463. The zero-order chi connectivity index (χ0) is 13.0. The maximum absolute atomic E-state index is 11.9. The Balaban J connectivity index is 3.55. The van der Waals surface area contributed by atoms with Crippen LogP contribution in [0.2, 0.25) is 0 Å². The summed E-state index contributed by atoms with van der Waals surface area (Å²) in [5, 5.41) is 21.3. The molecule has 0 aliphatic carbocycles. The predicted octanol–water partition coefficient (Wildman–Crippen LogP) is 1.93. The van der Waals surface area contributed by atoms with Gasteiger partial charge in [-0.05, 0) is 18.5 Å². The molecular weight excluding hydrogens is 222 g/mol. The van der Waals surface area contributed by atoms with Crippen LogP contribution < -0.4 is 5.56 Å². The maximum Gasteiger partial charge on any atom is 0.271 e. The quantitative estimate of drug-likeness (QED) is 0.806. The number of hydrogen-bond acceptors (Lipinski definition) is 5. The number of aromatic hydroxyl groups is 1. The van der Waals surface area contributed by atoms with Crippen LogP contribution in [-0.2, 0) is 6.54 Å². The lowest BCUT2D eigenvalue weighted by Gasteiger charge is -2.11. The maximum atomic E-state index is 11.9. The second-order valence-corrected chi connectivity index (χ2v) is 3.69. The van der Waals surface area contributed by atoms with Crippen LogP contribution in [-0.4, -0.2) is 9.67 Å². The number of rotatable bonds is 4. The summed E-state index contributed by atoms with van der Waals surface area (Å²) >= 11 is 0. The van der Waals surface area contributed by atoms with Gasteiger partial charge in [-0.15, -0.1) is 4.91 Å². The highest BCUT2D eigenvalue weighted by Gasteiger charge is 2.19. The third kappa shape index (κ3) is 2.18. The van der Waals surface area contributed by atoms with Crippen molar-refractivity contribution >= 4 is 5.69 Å². The molecule has 6 nitrogen and oxygen atoms in total. The zero-order valence-electron chi connectivity index (χ0n) is 9.73. The first kappa shape index (κ1) is 12.9. The average Bonchev–Trinajstić information content (AvgIpc) is 2.30. The summed E-state index contributed by atoms with van der Waals surface area (Å²) in [4.78, 5) is 22.5. The lowest BCUT2D eigenvalue weighted by atomic mass is 10.1. The molecule has 1 heterocycles. The van der Waals surface area contributed by atoms with Crippen LogP contribution in [0.15, 0.2) is 9.97 Å². The topological polar surface area (TPSA) is 95.4 Å². The summed E-state index contributed by atoms with van der Waals surface area (Å²) in [6.07, 6.45) is 1.49. The summed E-state index contributed by atoms with van der Waals surface area (Å²) in [7, 11) is 0. The van der Waals surface area contributed by atoms with Gasteiger partial charge in [0.05, 0.1) is 0 Å². The standard InChI is InChI=1S/C11H13N3O3/c1-3-4-5-14-10(15)8(6-12)7(2)9(13-17)11(14)16/h16H,3-5H2,1-2H3. The van der Waals surface area contributed by atoms with E-state index in [1.807, 2.05) is 6.92 Å². The Morgan fingerprint density at radius 1 is 1.53 bits per heavy atom. The smallest absolute Gasteiger partial charge is 0.271 e. The van der Waals surface area contributed by atoms with Gasteiger partial charge in [0.25, 0.3) is 5.56 Å². The van der Waals surface area contributed by atoms with Crippen molar-refractivity contribution in [1.29, 1.82) is 5.26 Å². The number of aromatic nitrogens is 1. The van der Waals surface area contributed by atoms with Gasteiger partial charge in [-0.3, -0.25) is 9.36 Å². The second-order valence-electron chi connectivity index (χ2n) is 3.69. The van der Waals surface area contributed by atoms with E-state index in [4.69, 9.17) is 5.26 Å². The van der Waals surface area contributed by atoms with Crippen LogP contribution in [0, 0.1) is 23.2 Å². The van der Waals surface area contributed by atoms with Crippen LogP contribution >= 0.6 is 0 Å². The monoisotopic (exact) mass is 235 g/mol. The fourth-order valence-corrected chi connectivity index (χ4v) is 1.57. The molecule has 1 rings (SSSR count). The molecule has 6 heteroatoms. The Bertz CT molecular complexity index is 540. The van der Waals surface area contributed by atoms with Gasteiger partial charge >= 0.3 is 0 Å². The predicted molar refractivity (Wildman–Crippen MR) is 62.2 cm³/mol. The Morgan fingerprint density at radius 3 is 2.65 bits per heavy atom. The van der Waals surface area contributed by atoms with E-state index >= 15 is 0 Å². The molecule has 0 spiro atoms. The molecule has 0 saturated heterocycles. The van der Waals surface area contributed by atoms with Crippen molar-refractivity contribution in [2.45, 2.75) is 33.2 Å². The van der Waals surface area contributed by atoms with Crippen molar-refractivity contribution in [3.8, 4) is 11.9 Å². The lowest BCUT2D eigenvalue weighted by Crippen LogP contribution is -2.23. The molecule has 90 valence electrons. The minimum Gasteiger partial charge on any atom is -0.493 e. The van der Waals surface area contributed by atoms with Crippen molar-refractivity contribution in [2.75, 3.05) is 0 Å². The fraction of sp³-hybridized carbons (Fsp3) is 0.455. The summed E-state index contributed by atoms with van der Waals surface area (Å²) in [6.45, 7) is 3.61. The molecular formula is C11H13N3O3. The van der Waals surface area contributed by atoms with Gasteiger partial charge in [0.2, 0.25) is 5.88 Å². The van der Waals surface area contributed by atoms with Crippen LogP contribution in [0.5, 0.6) is 5.88 Å². The minimum absolute atomic E-state index is 0.123. The molecule has 0 unspecified atom stereocenters. The molecule has 0 aliphatic heterocycles. The van der Waals surface area contributed by atoms with Crippen molar-refractivity contribution in [1.82, 2.24) is 4.57 Å². The van der Waals surface area contributed by atoms with E-state index in [1.54, 1.807) is 6.07 Å². The van der Waals surface area contributed by atoms with E-state index < -0.39 is 11.4 Å². The number of unbranched alkanes of at least 4 members (excludes halogenated alkanes) is 1. The van der Waals surface area contributed by atoms with E-state index in [0.29, 0.717) is 6.42 Å². The number of nitrogens with zero attached hydrogens (tertiary/aromatic N) is 3. The summed E-state index contributed by atoms with van der Waals surface area (Å²) < 4.78 is 1.02. The van der Waals surface area contributed by atoms with Crippen molar-refractivity contribution < 1.29 is 5.11 Å². The molecule has 0 saturated carbocycles. The van der Waals surface area contributed by atoms with Crippen molar-refractivity contribution in [3.05, 3.63) is 26.4 Å². The third-order valence-electron chi connectivity index (χ3n) is 2.60. The molecule has 0 atom stereocenters. The van der Waals surface area contributed by atoms with Gasteiger partial charge in [-0.25, -0.2) is 0 Å². The van der Waals surface area contributed by atoms with Crippen LogP contribution in [0.1, 0.15) is 30.9 Å². The SMILES string of the molecule is CCCCn1c(O)c(N=O)c(C)c(C#N)c1=O. The first-order chi connectivity index (χ1) is 8.08. The Hall–Kier alpha value is -2.16. The Morgan fingerprint density at radius 2 is 2.18 bits per heavy atom. The Labute approximate surface area is 98.1 Å². The molecule has 0 bridgehead atoms. The number of hydrogen-bond donors (Lipinski definition) is 1. The van der Waals surface area contributed by atoms with E-state index in [1.165, 1.54) is 6.92 Å². The van der Waals surface area contributed by atoms with Gasteiger partial charge in [-0.2, -0.15) is 5.26 Å². The largest absolute Gasteiger partial charge is 0.493 e. The van der Waals surface area contributed by atoms with Crippen molar-refractivity contribution in [2.24, 2.45) is 5.18 Å². The number of pyridine rings is 1. The molecule has 1 aromatic rings. The van der Waals surface area contributed by atoms with Gasteiger partial charge in [0.1, 0.15) is 11.6 Å². The third-order valence-corrected chi connectivity index (χ3v) is 2.60. The first-order valence-corrected chi connectivity index (χ1v) is 5.28. The molecule has 0 radical (unpaired) electrons. The van der Waals surface area contributed by atoms with Crippen LogP contribution in [0.4, 0.5) is 5.69 Å². The fourth-order valence-electron chi connectivity index (χ4n) is 1.57. The number of nitriles is 1. The minimum atomic E-state index is -0.580. The van der Waals surface area contributed by atoms with E-state index in [0.717, 1.165) is 11.0 Å². The lowest BCUT2D eigenvalue weighted by molar-refractivity contribution is 0.402. The normalized spacial score (nSPS) is 9.94. The van der Waals surface area contributed by atoms with E-state index in [-0.39, 0.29) is 23.4 Å². The Kier molecular flexibility index (Phi) is 3.99. The van der Waals surface area contributed by atoms with Gasteiger partial charge in [-0.1, -0.05) is 13.3 Å². The highest BCUT2D eigenvalue weighted by molar-refractivity contribution is 5.58. The number of nitroso groups, excluding NO2 is 1. The highest BCUT2D eigenvalue weighted by Crippen LogP contribution is 2.30. The van der Waals surface area contributed by atoms with Crippen molar-refractivity contribution in [3.63, 3.8) is 0 Å². The van der Waals surface area contributed by atoms with E-state index in [9.17, 15) is 14.8 Å². The molecule has 17 heavy (non-hydrogen) atoms. The second kappa shape index (κ2) is 5.25. The molecule has 0 fully saturated rings. The molecule has 0 aliphatic rings. The molecule has 1 N–H and O–H groups in total. The van der Waals surface area contributed by atoms with Gasteiger partial charge < -0.3 is 5.11 Å². The highest BCUT2D eigenvalue weighted by atomic mass is 16.3. The van der Waals surface area contributed by atoms with E-state index in [2.05, 4.69) is 5.18 Å². The summed E-state index contributed by atoms with van der Waals surface area (Å²) in [6, 6.07) is 1.74. The van der Waals surface area contributed by atoms with Gasteiger partial charge in [0, 0.05) is 12.1 Å². The van der Waals surface area contributed by atoms with Gasteiger partial charge in [0.15, 0.2) is 5.69 Å². The summed E-state index contributed by atoms with van der Waals surface area (Å²) in [5.41, 5.74) is -0.841. The molecule has 0 amide bonds. The zero-order valence-corrected chi connectivity index (χ0v) is 9.73. The molecule has 0 aromatic carbocycles. The first-order valence-electron chi connectivity index (χ1n) is 5.28.